The lowest BCUT2D eigenvalue weighted by Gasteiger charge is -2.08. The van der Waals surface area contributed by atoms with E-state index in [-0.39, 0.29) is 5.38 Å². The Morgan fingerprint density at radius 2 is 2.56 bits per heavy atom. The van der Waals surface area contributed by atoms with E-state index in [0.29, 0.717) is 6.10 Å². The quantitative estimate of drug-likeness (QED) is 0.747. The van der Waals surface area contributed by atoms with Crippen LogP contribution in [0.15, 0.2) is 6.20 Å². The highest BCUT2D eigenvalue weighted by atomic mass is 35.5. The summed E-state index contributed by atoms with van der Waals surface area (Å²) in [6.45, 7) is 3.74. The van der Waals surface area contributed by atoms with Crippen molar-refractivity contribution in [1.82, 2.24) is 15.0 Å². The van der Waals surface area contributed by atoms with Gasteiger partial charge < -0.3 is 4.74 Å². The predicted octanol–water partition coefficient (Wildman–Crippen LogP) is 2.54. The zero-order valence-electron chi connectivity index (χ0n) is 9.60. The molecule has 90 valence electrons. The molecule has 1 aromatic heterocycles. The molecule has 0 amide bonds. The fourth-order valence-corrected chi connectivity index (χ4v) is 2.06. The molecule has 1 aliphatic heterocycles. The number of ether oxygens (including phenoxy) is 1. The van der Waals surface area contributed by atoms with Crippen LogP contribution >= 0.6 is 11.6 Å². The molecular weight excluding hydrogens is 226 g/mol. The highest BCUT2D eigenvalue weighted by Gasteiger charge is 2.14. The van der Waals surface area contributed by atoms with Crippen LogP contribution in [-0.2, 0) is 11.3 Å². The molecule has 0 spiro atoms. The van der Waals surface area contributed by atoms with E-state index in [9.17, 15) is 0 Å². The minimum absolute atomic E-state index is 0.0630. The average Bonchev–Trinajstić information content (AvgIpc) is 2.87. The Morgan fingerprint density at radius 3 is 3.19 bits per heavy atom. The van der Waals surface area contributed by atoms with Crippen molar-refractivity contribution in [2.45, 2.75) is 50.6 Å². The Labute approximate surface area is 101 Å². The molecule has 2 atom stereocenters. The molecule has 0 aromatic carbocycles. The molecule has 0 saturated carbocycles. The molecule has 0 aliphatic carbocycles. The molecule has 0 N–H and O–H groups in total. The van der Waals surface area contributed by atoms with Gasteiger partial charge in [-0.1, -0.05) is 5.21 Å². The normalized spacial score (nSPS) is 22.5. The predicted molar refractivity (Wildman–Crippen MR) is 62.5 cm³/mol. The average molecular weight is 244 g/mol. The van der Waals surface area contributed by atoms with Gasteiger partial charge in [0.2, 0.25) is 0 Å². The third-order valence-electron chi connectivity index (χ3n) is 2.90. The molecule has 1 aliphatic rings. The van der Waals surface area contributed by atoms with Gasteiger partial charge in [-0.15, -0.1) is 16.7 Å². The van der Waals surface area contributed by atoms with E-state index >= 15 is 0 Å². The first kappa shape index (κ1) is 11.9. The number of aryl methyl sites for hydroxylation is 1. The van der Waals surface area contributed by atoms with Gasteiger partial charge in [0, 0.05) is 19.3 Å². The van der Waals surface area contributed by atoms with E-state index in [1.54, 1.807) is 0 Å². The molecule has 4 nitrogen and oxygen atoms in total. The Bertz CT molecular complexity index is 321. The summed E-state index contributed by atoms with van der Waals surface area (Å²) in [7, 11) is 0. The first-order chi connectivity index (χ1) is 7.75. The van der Waals surface area contributed by atoms with Crippen molar-refractivity contribution in [2.24, 2.45) is 0 Å². The Hall–Kier alpha value is -0.610. The molecule has 0 bridgehead atoms. The summed E-state index contributed by atoms with van der Waals surface area (Å²) in [4.78, 5) is 0. The maximum atomic E-state index is 5.92. The summed E-state index contributed by atoms with van der Waals surface area (Å²) in [5.74, 6) is 0. The second-order valence-electron chi connectivity index (χ2n) is 4.30. The fourth-order valence-electron chi connectivity index (χ4n) is 1.96. The summed E-state index contributed by atoms with van der Waals surface area (Å²) in [6.07, 6.45) is 7.02. The second-order valence-corrected chi connectivity index (χ2v) is 4.95. The third-order valence-corrected chi connectivity index (χ3v) is 3.12. The Kier molecular flexibility index (Phi) is 4.18. The lowest BCUT2D eigenvalue weighted by atomic mass is 10.1. The van der Waals surface area contributed by atoms with Crippen LogP contribution < -0.4 is 0 Å². The van der Waals surface area contributed by atoms with Crippen LogP contribution in [-0.4, -0.2) is 27.7 Å². The van der Waals surface area contributed by atoms with Crippen LogP contribution in [0.3, 0.4) is 0 Å². The standard InChI is InChI=1S/C11H18ClN3O/c1-9(12)11-8-15(14-13-11)6-2-4-10-5-3-7-16-10/h8-10H,2-7H2,1H3. The molecule has 1 fully saturated rings. The summed E-state index contributed by atoms with van der Waals surface area (Å²) >= 11 is 5.92. The maximum absolute atomic E-state index is 5.92. The first-order valence-electron chi connectivity index (χ1n) is 5.91. The second kappa shape index (κ2) is 5.64. The van der Waals surface area contributed by atoms with Crippen LogP contribution in [0.5, 0.6) is 0 Å². The van der Waals surface area contributed by atoms with E-state index in [4.69, 9.17) is 16.3 Å². The molecular formula is C11H18ClN3O. The topological polar surface area (TPSA) is 39.9 Å². The van der Waals surface area contributed by atoms with Crippen LogP contribution in [0.25, 0.3) is 0 Å². The number of nitrogens with zero attached hydrogens (tertiary/aromatic N) is 3. The lowest BCUT2D eigenvalue weighted by molar-refractivity contribution is 0.101. The van der Waals surface area contributed by atoms with Gasteiger partial charge in [-0.2, -0.15) is 0 Å². The Morgan fingerprint density at radius 1 is 1.69 bits per heavy atom. The van der Waals surface area contributed by atoms with Crippen LogP contribution in [0.4, 0.5) is 0 Å². The van der Waals surface area contributed by atoms with Gasteiger partial charge in [0.25, 0.3) is 0 Å². The van der Waals surface area contributed by atoms with Gasteiger partial charge in [0.15, 0.2) is 0 Å². The highest BCUT2D eigenvalue weighted by Crippen LogP contribution is 2.18. The minimum Gasteiger partial charge on any atom is -0.378 e. The molecule has 0 radical (unpaired) electrons. The molecule has 2 rings (SSSR count). The van der Waals surface area contributed by atoms with E-state index in [2.05, 4.69) is 10.3 Å². The molecule has 2 unspecified atom stereocenters. The largest absolute Gasteiger partial charge is 0.378 e. The monoisotopic (exact) mass is 243 g/mol. The van der Waals surface area contributed by atoms with Crippen LogP contribution in [0.1, 0.15) is 43.7 Å². The van der Waals surface area contributed by atoms with Gasteiger partial charge in [-0.05, 0) is 32.6 Å². The summed E-state index contributed by atoms with van der Waals surface area (Å²) < 4.78 is 7.43. The molecule has 5 heteroatoms. The number of alkyl halides is 1. The molecule has 16 heavy (non-hydrogen) atoms. The van der Waals surface area contributed by atoms with Crippen LogP contribution in [0, 0.1) is 0 Å². The summed E-state index contributed by atoms with van der Waals surface area (Å²) in [5, 5.41) is 8.00. The Balaban J connectivity index is 1.72. The van der Waals surface area contributed by atoms with Crippen molar-refractivity contribution in [3.05, 3.63) is 11.9 Å². The zero-order chi connectivity index (χ0) is 11.4. The van der Waals surface area contributed by atoms with E-state index in [1.165, 1.54) is 12.8 Å². The molecule has 1 aromatic rings. The SMILES string of the molecule is CC(Cl)c1cn(CCCC2CCCO2)nn1. The highest BCUT2D eigenvalue weighted by molar-refractivity contribution is 6.20. The van der Waals surface area contributed by atoms with Crippen molar-refractivity contribution in [3.8, 4) is 0 Å². The maximum Gasteiger partial charge on any atom is 0.100 e. The zero-order valence-corrected chi connectivity index (χ0v) is 10.4. The smallest absolute Gasteiger partial charge is 0.100 e. The van der Waals surface area contributed by atoms with Crippen molar-refractivity contribution in [2.75, 3.05) is 6.61 Å². The van der Waals surface area contributed by atoms with E-state index in [1.807, 2.05) is 17.8 Å². The third kappa shape index (κ3) is 3.19. The number of aromatic nitrogens is 3. The first-order valence-corrected chi connectivity index (χ1v) is 6.35. The lowest BCUT2D eigenvalue weighted by Crippen LogP contribution is -2.07. The van der Waals surface area contributed by atoms with Gasteiger partial charge in [-0.25, -0.2) is 0 Å². The van der Waals surface area contributed by atoms with Gasteiger partial charge in [-0.3, -0.25) is 4.68 Å². The van der Waals surface area contributed by atoms with E-state index < -0.39 is 0 Å². The van der Waals surface area contributed by atoms with Gasteiger partial charge in [0.05, 0.1) is 11.5 Å². The summed E-state index contributed by atoms with van der Waals surface area (Å²) in [5.41, 5.74) is 0.846. The number of rotatable bonds is 5. The van der Waals surface area contributed by atoms with Gasteiger partial charge in [0.1, 0.15) is 5.69 Å². The van der Waals surface area contributed by atoms with Gasteiger partial charge >= 0.3 is 0 Å². The van der Waals surface area contributed by atoms with Crippen molar-refractivity contribution < 1.29 is 4.74 Å². The summed E-state index contributed by atoms with van der Waals surface area (Å²) in [6, 6.07) is 0. The van der Waals surface area contributed by atoms with Crippen molar-refractivity contribution >= 4 is 11.6 Å². The molecule has 1 saturated heterocycles. The number of hydrogen-bond acceptors (Lipinski definition) is 3. The van der Waals surface area contributed by atoms with Crippen molar-refractivity contribution in [1.29, 1.82) is 0 Å². The minimum atomic E-state index is -0.0630. The van der Waals surface area contributed by atoms with E-state index in [0.717, 1.165) is 31.7 Å². The number of halogens is 1. The number of hydrogen-bond donors (Lipinski definition) is 0. The van der Waals surface area contributed by atoms with Crippen molar-refractivity contribution in [3.63, 3.8) is 0 Å². The fraction of sp³-hybridized carbons (Fsp3) is 0.818. The molecule has 2 heterocycles. The van der Waals surface area contributed by atoms with Crippen LogP contribution in [0.2, 0.25) is 0 Å².